The first-order chi connectivity index (χ1) is 7.70. The number of hydrogen-bond donors (Lipinski definition) is 1. The molecule has 1 rings (SSSR count). The Kier molecular flexibility index (Phi) is 5.86. The fraction of sp³-hybridized carbons (Fsp3) is 0.571. The van der Waals surface area contributed by atoms with Crippen LogP contribution in [0.4, 0.5) is 0 Å². The summed E-state index contributed by atoms with van der Waals surface area (Å²) in [4.78, 5) is 0. The van der Waals surface area contributed by atoms with Crippen molar-refractivity contribution in [3.63, 3.8) is 0 Å². The lowest BCUT2D eigenvalue weighted by Crippen LogP contribution is -2.21. The van der Waals surface area contributed by atoms with Crippen LogP contribution in [0.3, 0.4) is 0 Å². The predicted molar refractivity (Wildman–Crippen MR) is 72.1 cm³/mol. The molecule has 0 saturated carbocycles. The van der Waals surface area contributed by atoms with Crippen LogP contribution in [0.15, 0.2) is 18.2 Å². The highest BCUT2D eigenvalue weighted by Crippen LogP contribution is 2.27. The summed E-state index contributed by atoms with van der Waals surface area (Å²) >= 11 is 6.16. The lowest BCUT2D eigenvalue weighted by molar-refractivity contribution is 0.493. The molecule has 0 aliphatic heterocycles. The summed E-state index contributed by atoms with van der Waals surface area (Å²) in [5.74, 6) is 0. The van der Waals surface area contributed by atoms with Gasteiger partial charge in [0.15, 0.2) is 0 Å². The predicted octanol–water partition coefficient (Wildman–Crippen LogP) is 4.49. The summed E-state index contributed by atoms with van der Waals surface area (Å²) < 4.78 is 0. The van der Waals surface area contributed by atoms with E-state index < -0.39 is 0 Å². The summed E-state index contributed by atoms with van der Waals surface area (Å²) in [5, 5.41) is 4.42. The van der Waals surface area contributed by atoms with Crippen LogP contribution in [0.25, 0.3) is 0 Å². The summed E-state index contributed by atoms with van der Waals surface area (Å²) in [6.45, 7) is 7.49. The Hall–Kier alpha value is -0.530. The highest BCUT2D eigenvalue weighted by atomic mass is 35.5. The molecule has 1 unspecified atom stereocenters. The van der Waals surface area contributed by atoms with Crippen LogP contribution in [-0.4, -0.2) is 6.54 Å². The maximum atomic E-state index is 6.16. The molecule has 0 saturated heterocycles. The van der Waals surface area contributed by atoms with Crippen LogP contribution in [0, 0.1) is 6.92 Å². The Bertz CT molecular complexity index is 323. The smallest absolute Gasteiger partial charge is 0.0438 e. The normalized spacial score (nSPS) is 12.8. The van der Waals surface area contributed by atoms with E-state index in [9.17, 15) is 0 Å². The van der Waals surface area contributed by atoms with Crippen molar-refractivity contribution in [1.29, 1.82) is 0 Å². The SMILES string of the molecule is CCCCC(NCC)c1cccc(Cl)c1C. The topological polar surface area (TPSA) is 12.0 Å². The maximum absolute atomic E-state index is 6.16. The molecule has 2 heteroatoms. The molecule has 1 aromatic rings. The van der Waals surface area contributed by atoms with Gasteiger partial charge in [-0.05, 0) is 37.1 Å². The third-order valence-electron chi connectivity index (χ3n) is 2.98. The monoisotopic (exact) mass is 239 g/mol. The number of benzene rings is 1. The number of rotatable bonds is 6. The van der Waals surface area contributed by atoms with Crippen LogP contribution in [-0.2, 0) is 0 Å². The zero-order valence-corrected chi connectivity index (χ0v) is 11.3. The minimum Gasteiger partial charge on any atom is -0.310 e. The van der Waals surface area contributed by atoms with Crippen molar-refractivity contribution in [2.75, 3.05) is 6.54 Å². The van der Waals surface area contributed by atoms with Gasteiger partial charge in [-0.25, -0.2) is 0 Å². The van der Waals surface area contributed by atoms with Gasteiger partial charge in [0.05, 0.1) is 0 Å². The van der Waals surface area contributed by atoms with E-state index in [0.717, 1.165) is 11.6 Å². The maximum Gasteiger partial charge on any atom is 0.0438 e. The first-order valence-electron chi connectivity index (χ1n) is 6.19. The van der Waals surface area contributed by atoms with Crippen LogP contribution < -0.4 is 5.32 Å². The zero-order chi connectivity index (χ0) is 12.0. The van der Waals surface area contributed by atoms with Gasteiger partial charge in [-0.1, -0.05) is 50.4 Å². The number of nitrogens with one attached hydrogen (secondary N) is 1. The molecule has 0 bridgehead atoms. The Morgan fingerprint density at radius 3 is 2.69 bits per heavy atom. The van der Waals surface area contributed by atoms with Gasteiger partial charge in [-0.15, -0.1) is 0 Å². The largest absolute Gasteiger partial charge is 0.310 e. The van der Waals surface area contributed by atoms with Gasteiger partial charge < -0.3 is 5.32 Å². The molecule has 0 radical (unpaired) electrons. The van der Waals surface area contributed by atoms with E-state index in [-0.39, 0.29) is 0 Å². The summed E-state index contributed by atoms with van der Waals surface area (Å²) in [6.07, 6.45) is 3.68. The molecule has 0 fully saturated rings. The van der Waals surface area contributed by atoms with Crippen LogP contribution >= 0.6 is 11.6 Å². The lowest BCUT2D eigenvalue weighted by atomic mass is 9.97. The van der Waals surface area contributed by atoms with E-state index in [1.165, 1.54) is 30.4 Å². The number of hydrogen-bond acceptors (Lipinski definition) is 1. The summed E-state index contributed by atoms with van der Waals surface area (Å²) in [7, 11) is 0. The van der Waals surface area contributed by atoms with E-state index in [1.807, 2.05) is 12.1 Å². The zero-order valence-electron chi connectivity index (χ0n) is 10.5. The van der Waals surface area contributed by atoms with Gasteiger partial charge in [0.1, 0.15) is 0 Å². The van der Waals surface area contributed by atoms with Crippen LogP contribution in [0.2, 0.25) is 5.02 Å². The highest BCUT2D eigenvalue weighted by molar-refractivity contribution is 6.31. The Morgan fingerprint density at radius 1 is 1.31 bits per heavy atom. The lowest BCUT2D eigenvalue weighted by Gasteiger charge is -2.20. The van der Waals surface area contributed by atoms with Gasteiger partial charge in [0, 0.05) is 11.1 Å². The molecular formula is C14H22ClN. The van der Waals surface area contributed by atoms with Crippen LogP contribution in [0.1, 0.15) is 50.3 Å². The molecule has 16 heavy (non-hydrogen) atoms. The van der Waals surface area contributed by atoms with Crippen molar-refractivity contribution in [1.82, 2.24) is 5.32 Å². The molecule has 0 spiro atoms. The van der Waals surface area contributed by atoms with Crippen molar-refractivity contribution in [2.24, 2.45) is 0 Å². The number of halogens is 1. The van der Waals surface area contributed by atoms with E-state index in [1.54, 1.807) is 0 Å². The van der Waals surface area contributed by atoms with Crippen molar-refractivity contribution in [2.45, 2.75) is 46.1 Å². The fourth-order valence-electron chi connectivity index (χ4n) is 2.02. The van der Waals surface area contributed by atoms with E-state index in [4.69, 9.17) is 11.6 Å². The first-order valence-corrected chi connectivity index (χ1v) is 6.56. The molecule has 1 atom stereocenters. The van der Waals surface area contributed by atoms with Crippen molar-refractivity contribution in [3.8, 4) is 0 Å². The second-order valence-electron chi connectivity index (χ2n) is 4.21. The summed E-state index contributed by atoms with van der Waals surface area (Å²) in [5.41, 5.74) is 2.56. The molecule has 0 heterocycles. The standard InChI is InChI=1S/C14H22ClN/c1-4-6-10-14(16-5-2)12-8-7-9-13(15)11(12)3/h7-9,14,16H,4-6,10H2,1-3H3. The van der Waals surface area contributed by atoms with Crippen molar-refractivity contribution < 1.29 is 0 Å². The minimum atomic E-state index is 0.448. The van der Waals surface area contributed by atoms with Gasteiger partial charge in [0.2, 0.25) is 0 Å². The molecule has 1 N–H and O–H groups in total. The molecular weight excluding hydrogens is 218 g/mol. The minimum absolute atomic E-state index is 0.448. The molecule has 0 aromatic heterocycles. The van der Waals surface area contributed by atoms with Gasteiger partial charge in [-0.3, -0.25) is 0 Å². The molecule has 0 aliphatic rings. The Labute approximate surface area is 104 Å². The molecule has 1 nitrogen and oxygen atoms in total. The molecule has 1 aromatic carbocycles. The van der Waals surface area contributed by atoms with Crippen molar-refractivity contribution in [3.05, 3.63) is 34.3 Å². The quantitative estimate of drug-likeness (QED) is 0.771. The first kappa shape index (κ1) is 13.5. The third kappa shape index (κ3) is 3.50. The van der Waals surface area contributed by atoms with Gasteiger partial charge in [0.25, 0.3) is 0 Å². The Morgan fingerprint density at radius 2 is 2.06 bits per heavy atom. The van der Waals surface area contributed by atoms with Crippen molar-refractivity contribution >= 4 is 11.6 Å². The average molecular weight is 240 g/mol. The second kappa shape index (κ2) is 6.93. The van der Waals surface area contributed by atoms with E-state index >= 15 is 0 Å². The molecule has 0 aliphatic carbocycles. The van der Waals surface area contributed by atoms with Gasteiger partial charge >= 0.3 is 0 Å². The van der Waals surface area contributed by atoms with Gasteiger partial charge in [-0.2, -0.15) is 0 Å². The molecule has 90 valence electrons. The average Bonchev–Trinajstić information content (AvgIpc) is 2.28. The Balaban J connectivity index is 2.86. The number of unbranched alkanes of at least 4 members (excludes halogenated alkanes) is 1. The summed E-state index contributed by atoms with van der Waals surface area (Å²) in [6, 6.07) is 6.64. The van der Waals surface area contributed by atoms with E-state index in [2.05, 4.69) is 32.2 Å². The van der Waals surface area contributed by atoms with Crippen LogP contribution in [0.5, 0.6) is 0 Å². The van der Waals surface area contributed by atoms with E-state index in [0.29, 0.717) is 6.04 Å². The fourth-order valence-corrected chi connectivity index (χ4v) is 2.21. The third-order valence-corrected chi connectivity index (χ3v) is 3.39. The highest BCUT2D eigenvalue weighted by Gasteiger charge is 2.13. The molecule has 0 amide bonds. The second-order valence-corrected chi connectivity index (χ2v) is 4.61.